The first-order chi connectivity index (χ1) is 15.6. The first-order valence-corrected chi connectivity index (χ1v) is 11.9. The Morgan fingerprint density at radius 1 is 0.844 bits per heavy atom. The third kappa shape index (κ3) is 4.26. The van der Waals surface area contributed by atoms with Gasteiger partial charge in [0, 0.05) is 30.5 Å². The van der Waals surface area contributed by atoms with Crippen LogP contribution in [0, 0.1) is 5.92 Å². The maximum atomic E-state index is 13.0. The summed E-state index contributed by atoms with van der Waals surface area (Å²) in [5, 5.41) is 0. The summed E-state index contributed by atoms with van der Waals surface area (Å²) >= 11 is 0. The lowest BCUT2D eigenvalue weighted by Crippen LogP contribution is -2.37. The number of hydrogen-bond donors (Lipinski definition) is 0. The number of nitrogens with zero attached hydrogens (tertiary/aromatic N) is 2. The summed E-state index contributed by atoms with van der Waals surface area (Å²) in [7, 11) is 0. The number of benzene rings is 2. The molecular formula is C27H30N2O3. The molecule has 0 saturated carbocycles. The van der Waals surface area contributed by atoms with Gasteiger partial charge in [-0.15, -0.1) is 0 Å². The summed E-state index contributed by atoms with van der Waals surface area (Å²) in [5.41, 5.74) is 5.01. The van der Waals surface area contributed by atoms with Gasteiger partial charge in [0.1, 0.15) is 0 Å². The van der Waals surface area contributed by atoms with Crippen LogP contribution in [-0.4, -0.2) is 48.6 Å². The van der Waals surface area contributed by atoms with Crippen molar-refractivity contribution in [2.24, 2.45) is 5.92 Å². The topological polar surface area (TPSA) is 57.7 Å². The molecule has 0 aromatic heterocycles. The second-order valence-corrected chi connectivity index (χ2v) is 9.41. The summed E-state index contributed by atoms with van der Waals surface area (Å²) in [6.07, 6.45) is 5.73. The lowest BCUT2D eigenvalue weighted by molar-refractivity contribution is -0.118. The standard InChI is InChI=1S/C27H30N2O3/c30-24(23-16-21-7-9-26(32)29-15-12-22(17-23)27(21)29)8-6-19-10-13-28(14-11-19)18-25(31)20-4-2-1-3-5-20/h1-5,16-17,19H,6-15,18H2. The molecule has 5 nitrogen and oxygen atoms in total. The van der Waals surface area contributed by atoms with E-state index in [4.69, 9.17) is 0 Å². The smallest absolute Gasteiger partial charge is 0.227 e. The Hall–Kier alpha value is -2.79. The summed E-state index contributed by atoms with van der Waals surface area (Å²) in [4.78, 5) is 41.6. The second kappa shape index (κ2) is 8.99. The zero-order chi connectivity index (χ0) is 22.1. The van der Waals surface area contributed by atoms with E-state index in [-0.39, 0.29) is 17.5 Å². The Morgan fingerprint density at radius 2 is 1.56 bits per heavy atom. The van der Waals surface area contributed by atoms with Gasteiger partial charge in [0.05, 0.1) is 12.2 Å². The third-order valence-electron chi connectivity index (χ3n) is 7.32. The second-order valence-electron chi connectivity index (χ2n) is 9.41. The number of hydrogen-bond acceptors (Lipinski definition) is 4. The first-order valence-electron chi connectivity index (χ1n) is 11.9. The molecule has 5 heteroatoms. The molecule has 2 aromatic rings. The van der Waals surface area contributed by atoms with Crippen molar-refractivity contribution in [2.45, 2.75) is 44.9 Å². The van der Waals surface area contributed by atoms with E-state index in [1.54, 1.807) is 0 Å². The molecule has 0 aliphatic carbocycles. The maximum absolute atomic E-state index is 13.0. The number of Topliss-reactive ketones (excluding diaryl/α,β-unsaturated/α-hetero) is 2. The number of carbonyl (C=O) groups is 3. The fourth-order valence-corrected chi connectivity index (χ4v) is 5.45. The average molecular weight is 431 g/mol. The van der Waals surface area contributed by atoms with E-state index in [0.29, 0.717) is 25.3 Å². The van der Waals surface area contributed by atoms with Gasteiger partial charge < -0.3 is 4.90 Å². The Labute approximate surface area is 189 Å². The highest BCUT2D eigenvalue weighted by atomic mass is 16.2. The number of anilines is 1. The molecule has 1 amide bonds. The fourth-order valence-electron chi connectivity index (χ4n) is 5.45. The third-order valence-corrected chi connectivity index (χ3v) is 7.32. The van der Waals surface area contributed by atoms with Crippen LogP contribution in [-0.2, 0) is 17.6 Å². The van der Waals surface area contributed by atoms with Crippen molar-refractivity contribution >= 4 is 23.2 Å². The van der Waals surface area contributed by atoms with E-state index in [0.717, 1.165) is 74.1 Å². The molecular weight excluding hydrogens is 400 g/mol. The van der Waals surface area contributed by atoms with E-state index in [2.05, 4.69) is 4.90 Å². The molecule has 3 heterocycles. The van der Waals surface area contributed by atoms with Crippen LogP contribution in [0.3, 0.4) is 0 Å². The minimum Gasteiger partial charge on any atom is -0.312 e. The van der Waals surface area contributed by atoms with Crippen molar-refractivity contribution in [3.8, 4) is 0 Å². The normalized spacial score (nSPS) is 18.6. The summed E-state index contributed by atoms with van der Waals surface area (Å²) < 4.78 is 0. The number of likely N-dealkylation sites (tertiary alicyclic amines) is 1. The molecule has 1 fully saturated rings. The summed E-state index contributed by atoms with van der Waals surface area (Å²) in [5.74, 6) is 1.16. The quantitative estimate of drug-likeness (QED) is 0.621. The van der Waals surface area contributed by atoms with E-state index >= 15 is 0 Å². The van der Waals surface area contributed by atoms with Crippen molar-refractivity contribution in [2.75, 3.05) is 31.1 Å². The van der Waals surface area contributed by atoms with Crippen molar-refractivity contribution in [3.63, 3.8) is 0 Å². The van der Waals surface area contributed by atoms with E-state index in [9.17, 15) is 14.4 Å². The molecule has 32 heavy (non-hydrogen) atoms. The molecule has 1 saturated heterocycles. The Morgan fingerprint density at radius 3 is 2.31 bits per heavy atom. The van der Waals surface area contributed by atoms with E-state index in [1.807, 2.05) is 47.4 Å². The van der Waals surface area contributed by atoms with Crippen LogP contribution in [0.5, 0.6) is 0 Å². The lowest BCUT2D eigenvalue weighted by Gasteiger charge is -2.31. The SMILES string of the molecule is O=C(CCC1CCN(CC(=O)c2ccccc2)CC1)c1cc2c3c(c1)CCN3C(=O)CC2. The number of carbonyl (C=O) groups excluding carboxylic acids is 3. The van der Waals surface area contributed by atoms with Crippen molar-refractivity contribution in [3.05, 3.63) is 64.7 Å². The lowest BCUT2D eigenvalue weighted by atomic mass is 9.89. The van der Waals surface area contributed by atoms with Crippen LogP contribution in [0.4, 0.5) is 5.69 Å². The molecule has 0 N–H and O–H groups in total. The first kappa shape index (κ1) is 21.1. The van der Waals surface area contributed by atoms with Gasteiger partial charge in [-0.3, -0.25) is 19.3 Å². The number of amides is 1. The Bertz CT molecular complexity index is 1040. The number of aryl methyl sites for hydroxylation is 1. The van der Waals surface area contributed by atoms with Gasteiger partial charge in [-0.1, -0.05) is 30.3 Å². The maximum Gasteiger partial charge on any atom is 0.227 e. The van der Waals surface area contributed by atoms with Crippen LogP contribution in [0.15, 0.2) is 42.5 Å². The average Bonchev–Trinajstić information content (AvgIpc) is 3.27. The summed E-state index contributed by atoms with van der Waals surface area (Å²) in [6.45, 7) is 3.08. The molecule has 0 atom stereocenters. The zero-order valence-electron chi connectivity index (χ0n) is 18.5. The van der Waals surface area contributed by atoms with Gasteiger partial charge >= 0.3 is 0 Å². The summed E-state index contributed by atoms with van der Waals surface area (Å²) in [6, 6.07) is 13.6. The zero-order valence-corrected chi connectivity index (χ0v) is 18.5. The van der Waals surface area contributed by atoms with Crippen LogP contribution in [0.25, 0.3) is 0 Å². The van der Waals surface area contributed by atoms with Crippen molar-refractivity contribution < 1.29 is 14.4 Å². The molecule has 0 spiro atoms. The monoisotopic (exact) mass is 430 g/mol. The van der Waals surface area contributed by atoms with Gasteiger partial charge in [-0.05, 0) is 74.4 Å². The fraction of sp³-hybridized carbons (Fsp3) is 0.444. The number of piperidine rings is 1. The van der Waals surface area contributed by atoms with Crippen LogP contribution < -0.4 is 4.90 Å². The molecule has 3 aliphatic rings. The van der Waals surface area contributed by atoms with Crippen molar-refractivity contribution in [1.82, 2.24) is 4.90 Å². The van der Waals surface area contributed by atoms with Crippen molar-refractivity contribution in [1.29, 1.82) is 0 Å². The van der Waals surface area contributed by atoms with E-state index in [1.165, 1.54) is 5.56 Å². The van der Waals surface area contributed by atoms with Gasteiger partial charge in [0.25, 0.3) is 0 Å². The molecule has 0 bridgehead atoms. The molecule has 5 rings (SSSR count). The highest BCUT2D eigenvalue weighted by Crippen LogP contribution is 2.38. The van der Waals surface area contributed by atoms with Crippen LogP contribution >= 0.6 is 0 Å². The van der Waals surface area contributed by atoms with E-state index < -0.39 is 0 Å². The number of ketones is 2. The number of rotatable bonds is 7. The largest absolute Gasteiger partial charge is 0.312 e. The minimum atomic E-state index is 0.181. The molecule has 0 radical (unpaired) electrons. The molecule has 2 aromatic carbocycles. The molecule has 3 aliphatic heterocycles. The van der Waals surface area contributed by atoms with Gasteiger partial charge in [-0.25, -0.2) is 0 Å². The van der Waals surface area contributed by atoms with Gasteiger partial charge in [0.2, 0.25) is 5.91 Å². The van der Waals surface area contributed by atoms with Crippen LogP contribution in [0.2, 0.25) is 0 Å². The van der Waals surface area contributed by atoms with Crippen LogP contribution in [0.1, 0.15) is 63.9 Å². The predicted octanol–water partition coefficient (Wildman–Crippen LogP) is 4.08. The highest BCUT2D eigenvalue weighted by molar-refractivity contribution is 6.02. The van der Waals surface area contributed by atoms with Gasteiger partial charge in [-0.2, -0.15) is 0 Å². The highest BCUT2D eigenvalue weighted by Gasteiger charge is 2.32. The minimum absolute atomic E-state index is 0.181. The predicted molar refractivity (Wildman–Crippen MR) is 124 cm³/mol. The Kier molecular flexibility index (Phi) is 5.92. The Balaban J connectivity index is 1.12. The van der Waals surface area contributed by atoms with Gasteiger partial charge in [0.15, 0.2) is 11.6 Å². The molecule has 166 valence electrons. The molecule has 0 unspecified atom stereocenters.